The lowest BCUT2D eigenvalue weighted by molar-refractivity contribution is -0.137. The van der Waals surface area contributed by atoms with E-state index in [9.17, 15) is 9.59 Å². The maximum absolute atomic E-state index is 12.5. The van der Waals surface area contributed by atoms with Crippen LogP contribution in [-0.4, -0.2) is 44.8 Å². The molecule has 0 aromatic carbocycles. The van der Waals surface area contributed by atoms with Crippen LogP contribution in [-0.2, 0) is 4.79 Å². The van der Waals surface area contributed by atoms with Crippen LogP contribution in [0.4, 0.5) is 0 Å². The summed E-state index contributed by atoms with van der Waals surface area (Å²) in [6, 6.07) is 1.99. The quantitative estimate of drug-likeness (QED) is 0.903. The normalized spacial score (nSPS) is 19.0. The van der Waals surface area contributed by atoms with E-state index in [4.69, 9.17) is 5.11 Å². The summed E-state index contributed by atoms with van der Waals surface area (Å²) in [6.45, 7) is 5.41. The summed E-state index contributed by atoms with van der Waals surface area (Å²) in [5.41, 5.74) is 0.475. The van der Waals surface area contributed by atoms with Gasteiger partial charge in [0.1, 0.15) is 5.69 Å². The zero-order valence-electron chi connectivity index (χ0n) is 12.7. The van der Waals surface area contributed by atoms with Gasteiger partial charge in [-0.25, -0.2) is 0 Å². The largest absolute Gasteiger partial charge is 0.481 e. The van der Waals surface area contributed by atoms with E-state index in [1.807, 2.05) is 24.9 Å². The Hall–Kier alpha value is -1.85. The van der Waals surface area contributed by atoms with Crippen LogP contribution in [0.25, 0.3) is 0 Å². The molecule has 6 nitrogen and oxygen atoms in total. The van der Waals surface area contributed by atoms with Gasteiger partial charge in [-0.05, 0) is 45.1 Å². The smallest absolute Gasteiger partial charge is 0.303 e. The fourth-order valence-corrected chi connectivity index (χ4v) is 2.71. The third kappa shape index (κ3) is 4.06. The van der Waals surface area contributed by atoms with Gasteiger partial charge < -0.3 is 10.0 Å². The first-order valence-electron chi connectivity index (χ1n) is 7.53. The van der Waals surface area contributed by atoms with E-state index in [0.29, 0.717) is 18.7 Å². The summed E-state index contributed by atoms with van der Waals surface area (Å²) in [5, 5.41) is 13.1. The number of hydrogen-bond acceptors (Lipinski definition) is 3. The highest BCUT2D eigenvalue weighted by molar-refractivity contribution is 5.92. The third-order valence-corrected chi connectivity index (χ3v) is 3.93. The van der Waals surface area contributed by atoms with Crippen molar-refractivity contribution in [3.63, 3.8) is 0 Å². The third-order valence-electron chi connectivity index (χ3n) is 3.93. The van der Waals surface area contributed by atoms with Gasteiger partial charge in [-0.15, -0.1) is 0 Å². The second kappa shape index (κ2) is 6.74. The van der Waals surface area contributed by atoms with Gasteiger partial charge in [0.15, 0.2) is 0 Å². The maximum atomic E-state index is 12.5. The van der Waals surface area contributed by atoms with Crippen molar-refractivity contribution in [1.82, 2.24) is 14.7 Å². The van der Waals surface area contributed by atoms with E-state index >= 15 is 0 Å². The molecule has 1 N–H and O–H groups in total. The number of carbonyl (C=O) groups excluding carboxylic acids is 1. The molecule has 1 unspecified atom stereocenters. The van der Waals surface area contributed by atoms with Gasteiger partial charge in [-0.1, -0.05) is 0 Å². The van der Waals surface area contributed by atoms with Gasteiger partial charge in [0.05, 0.1) is 0 Å². The van der Waals surface area contributed by atoms with Crippen molar-refractivity contribution in [2.75, 3.05) is 13.1 Å². The summed E-state index contributed by atoms with van der Waals surface area (Å²) in [7, 11) is 0. The number of aliphatic carboxylic acids is 1. The lowest BCUT2D eigenvalue weighted by Gasteiger charge is -2.32. The Labute approximate surface area is 124 Å². The molecule has 1 fully saturated rings. The van der Waals surface area contributed by atoms with Crippen molar-refractivity contribution in [2.45, 2.75) is 45.6 Å². The number of hydrogen-bond donors (Lipinski definition) is 1. The van der Waals surface area contributed by atoms with Crippen molar-refractivity contribution < 1.29 is 14.7 Å². The molecule has 1 saturated heterocycles. The molecule has 0 aliphatic carbocycles. The first-order chi connectivity index (χ1) is 9.97. The summed E-state index contributed by atoms with van der Waals surface area (Å²) in [6.07, 6.45) is 4.57. The number of carboxylic acids is 1. The molecule has 1 atom stereocenters. The number of carbonyl (C=O) groups is 2. The average Bonchev–Trinajstić information content (AvgIpc) is 2.94. The van der Waals surface area contributed by atoms with E-state index < -0.39 is 5.97 Å². The molecule has 1 aromatic heterocycles. The first kappa shape index (κ1) is 15.5. The van der Waals surface area contributed by atoms with E-state index in [-0.39, 0.29) is 24.3 Å². The fourth-order valence-electron chi connectivity index (χ4n) is 2.71. The Balaban J connectivity index is 1.96. The monoisotopic (exact) mass is 293 g/mol. The highest BCUT2D eigenvalue weighted by Gasteiger charge is 2.26. The first-order valence-corrected chi connectivity index (χ1v) is 7.53. The molecular weight excluding hydrogens is 270 g/mol. The van der Waals surface area contributed by atoms with Crippen LogP contribution < -0.4 is 0 Å². The average molecular weight is 293 g/mol. The molecule has 0 saturated carbocycles. The number of amides is 1. The number of aromatic nitrogens is 2. The molecule has 1 aliphatic heterocycles. The standard InChI is InChI=1S/C15H23N3O3/c1-11(2)18-9-7-13(16-18)15(21)17-8-3-4-12(10-17)5-6-14(19)20/h7,9,11-12H,3-6,8,10H2,1-2H3,(H,19,20). The van der Waals surface area contributed by atoms with Crippen LogP contribution in [0.5, 0.6) is 0 Å². The summed E-state index contributed by atoms with van der Waals surface area (Å²) in [4.78, 5) is 24.9. The van der Waals surface area contributed by atoms with E-state index in [0.717, 1.165) is 19.4 Å². The van der Waals surface area contributed by atoms with Crippen LogP contribution >= 0.6 is 0 Å². The Kier molecular flexibility index (Phi) is 4.98. The molecule has 2 heterocycles. The van der Waals surface area contributed by atoms with Crippen molar-refractivity contribution in [3.8, 4) is 0 Å². The SMILES string of the molecule is CC(C)n1ccc(C(=O)N2CCCC(CCC(=O)O)C2)n1. The highest BCUT2D eigenvalue weighted by atomic mass is 16.4. The van der Waals surface area contributed by atoms with Crippen molar-refractivity contribution >= 4 is 11.9 Å². The molecule has 1 aliphatic rings. The van der Waals surface area contributed by atoms with Crippen LogP contribution in [0.2, 0.25) is 0 Å². The number of piperidine rings is 1. The van der Waals surface area contributed by atoms with Gasteiger partial charge in [-0.2, -0.15) is 5.10 Å². The second-order valence-electron chi connectivity index (χ2n) is 5.97. The van der Waals surface area contributed by atoms with Gasteiger partial charge in [0.25, 0.3) is 5.91 Å². The number of carboxylic acid groups (broad SMARTS) is 1. The Morgan fingerprint density at radius 3 is 2.86 bits per heavy atom. The minimum atomic E-state index is -0.769. The van der Waals surface area contributed by atoms with Crippen molar-refractivity contribution in [1.29, 1.82) is 0 Å². The number of nitrogens with zero attached hydrogens (tertiary/aromatic N) is 3. The van der Waals surface area contributed by atoms with Crippen LogP contribution in [0.1, 0.15) is 56.1 Å². The highest BCUT2D eigenvalue weighted by Crippen LogP contribution is 2.22. The van der Waals surface area contributed by atoms with Crippen molar-refractivity contribution in [2.24, 2.45) is 5.92 Å². The number of rotatable bonds is 5. The molecular formula is C15H23N3O3. The predicted octanol–water partition coefficient (Wildman–Crippen LogP) is 2.18. The van der Waals surface area contributed by atoms with Crippen LogP contribution in [0.15, 0.2) is 12.3 Å². The minimum Gasteiger partial charge on any atom is -0.481 e. The molecule has 0 spiro atoms. The van der Waals surface area contributed by atoms with E-state index in [1.165, 1.54) is 0 Å². The van der Waals surface area contributed by atoms with Crippen LogP contribution in [0, 0.1) is 5.92 Å². The van der Waals surface area contributed by atoms with Gasteiger partial charge in [-0.3, -0.25) is 14.3 Å². The zero-order valence-corrected chi connectivity index (χ0v) is 12.7. The zero-order chi connectivity index (χ0) is 15.4. The maximum Gasteiger partial charge on any atom is 0.303 e. The Morgan fingerprint density at radius 1 is 1.48 bits per heavy atom. The number of likely N-dealkylation sites (tertiary alicyclic amines) is 1. The van der Waals surface area contributed by atoms with Crippen LogP contribution in [0.3, 0.4) is 0 Å². The lowest BCUT2D eigenvalue weighted by atomic mass is 9.93. The Morgan fingerprint density at radius 2 is 2.24 bits per heavy atom. The predicted molar refractivity (Wildman–Crippen MR) is 78.1 cm³/mol. The fraction of sp³-hybridized carbons (Fsp3) is 0.667. The second-order valence-corrected chi connectivity index (χ2v) is 5.97. The summed E-state index contributed by atoms with van der Waals surface area (Å²) in [5.74, 6) is -0.533. The van der Waals surface area contributed by atoms with Gasteiger partial charge in [0.2, 0.25) is 0 Å². The molecule has 0 bridgehead atoms. The molecule has 0 radical (unpaired) electrons. The van der Waals surface area contributed by atoms with Gasteiger partial charge >= 0.3 is 5.97 Å². The van der Waals surface area contributed by atoms with Crippen molar-refractivity contribution in [3.05, 3.63) is 18.0 Å². The molecule has 21 heavy (non-hydrogen) atoms. The lowest BCUT2D eigenvalue weighted by Crippen LogP contribution is -2.40. The Bertz CT molecular complexity index is 510. The molecule has 116 valence electrons. The summed E-state index contributed by atoms with van der Waals surface area (Å²) >= 11 is 0. The molecule has 2 rings (SSSR count). The molecule has 6 heteroatoms. The minimum absolute atomic E-state index is 0.0468. The van der Waals surface area contributed by atoms with E-state index in [1.54, 1.807) is 10.7 Å². The topological polar surface area (TPSA) is 75.4 Å². The summed E-state index contributed by atoms with van der Waals surface area (Å²) < 4.78 is 1.78. The molecule has 1 aromatic rings. The van der Waals surface area contributed by atoms with E-state index in [2.05, 4.69) is 5.10 Å². The molecule has 1 amide bonds. The van der Waals surface area contributed by atoms with Gasteiger partial charge in [0, 0.05) is 31.7 Å².